The molecular weight excluding hydrogens is 374 g/mol. The van der Waals surface area contributed by atoms with Crippen molar-refractivity contribution in [2.75, 3.05) is 33.4 Å². The second-order valence-corrected chi connectivity index (χ2v) is 5.83. The molecule has 0 radical (unpaired) electrons. The molecule has 0 atom stereocenters. The molecule has 0 spiro atoms. The summed E-state index contributed by atoms with van der Waals surface area (Å²) in [5.41, 5.74) is 0.398. The zero-order valence-corrected chi connectivity index (χ0v) is 15.0. The Morgan fingerprint density at radius 2 is 2.08 bits per heavy atom. The highest BCUT2D eigenvalue weighted by Crippen LogP contribution is 2.25. The maximum atomic E-state index is 12.3. The minimum Gasteiger partial charge on any atom is -0.438 e. The molecule has 2 rings (SSSR count). The summed E-state index contributed by atoms with van der Waals surface area (Å²) >= 11 is 3.39. The fourth-order valence-electron chi connectivity index (χ4n) is 1.95. The third kappa shape index (κ3) is 5.92. The number of carbonyl (C=O) groups is 1. The van der Waals surface area contributed by atoms with Crippen molar-refractivity contribution in [3.8, 4) is 11.6 Å². The van der Waals surface area contributed by atoms with Crippen LogP contribution in [0.5, 0.6) is 11.6 Å². The van der Waals surface area contributed by atoms with Crippen molar-refractivity contribution >= 4 is 21.8 Å². The number of aromatic nitrogens is 1. The predicted octanol–water partition coefficient (Wildman–Crippen LogP) is 2.60. The number of carbonyl (C=O) groups excluding carboxylic acids is 1. The van der Waals surface area contributed by atoms with Gasteiger partial charge in [-0.2, -0.15) is 0 Å². The average Bonchev–Trinajstić information content (AvgIpc) is 2.58. The van der Waals surface area contributed by atoms with Crippen molar-refractivity contribution in [2.45, 2.75) is 0 Å². The summed E-state index contributed by atoms with van der Waals surface area (Å²) in [4.78, 5) is 16.5. The highest BCUT2D eigenvalue weighted by atomic mass is 79.9. The molecule has 0 saturated heterocycles. The number of pyridine rings is 1. The molecule has 7 heteroatoms. The van der Waals surface area contributed by atoms with Crippen LogP contribution in [0, 0.1) is 0 Å². The standard InChI is InChI=1S/C17H20BrN3O3/c1-23-11-10-19-8-9-20-16(22)15-6-3-7-21-17(15)24-14-5-2-4-13(18)12-14/h2-7,12,19H,8-11H2,1H3,(H,20,22). The van der Waals surface area contributed by atoms with Crippen LogP contribution in [-0.4, -0.2) is 44.2 Å². The van der Waals surface area contributed by atoms with E-state index in [0.717, 1.165) is 11.0 Å². The second kappa shape index (κ2) is 10.0. The summed E-state index contributed by atoms with van der Waals surface area (Å²) < 4.78 is 11.6. The van der Waals surface area contributed by atoms with Gasteiger partial charge in [0.15, 0.2) is 0 Å². The van der Waals surface area contributed by atoms with E-state index in [1.54, 1.807) is 31.5 Å². The highest BCUT2D eigenvalue weighted by molar-refractivity contribution is 9.10. The first-order chi connectivity index (χ1) is 11.7. The fourth-order valence-corrected chi connectivity index (χ4v) is 2.32. The first-order valence-electron chi connectivity index (χ1n) is 7.57. The van der Waals surface area contributed by atoms with Crippen LogP contribution in [0.4, 0.5) is 0 Å². The SMILES string of the molecule is COCCNCCNC(=O)c1cccnc1Oc1cccc(Br)c1. The molecule has 128 valence electrons. The lowest BCUT2D eigenvalue weighted by molar-refractivity contribution is 0.0950. The van der Waals surface area contributed by atoms with Crippen LogP contribution in [-0.2, 0) is 4.74 Å². The van der Waals surface area contributed by atoms with E-state index in [2.05, 4.69) is 31.5 Å². The number of nitrogens with zero attached hydrogens (tertiary/aromatic N) is 1. The molecule has 0 saturated carbocycles. The zero-order valence-electron chi connectivity index (χ0n) is 13.4. The van der Waals surface area contributed by atoms with Gasteiger partial charge in [0.1, 0.15) is 11.3 Å². The minimum atomic E-state index is -0.221. The number of hydrogen-bond acceptors (Lipinski definition) is 5. The molecule has 0 aliphatic heterocycles. The quantitative estimate of drug-likeness (QED) is 0.640. The van der Waals surface area contributed by atoms with E-state index in [9.17, 15) is 4.79 Å². The topological polar surface area (TPSA) is 72.5 Å². The summed E-state index contributed by atoms with van der Waals surface area (Å²) in [6.45, 7) is 2.56. The van der Waals surface area contributed by atoms with Gasteiger partial charge in [0.05, 0.1) is 6.61 Å². The van der Waals surface area contributed by atoms with Crippen molar-refractivity contribution in [1.82, 2.24) is 15.6 Å². The molecule has 1 aromatic heterocycles. The maximum Gasteiger partial charge on any atom is 0.256 e. The number of halogens is 1. The van der Waals surface area contributed by atoms with Crippen molar-refractivity contribution in [2.24, 2.45) is 0 Å². The second-order valence-electron chi connectivity index (χ2n) is 4.91. The summed E-state index contributed by atoms with van der Waals surface area (Å²) in [5.74, 6) is 0.667. The number of ether oxygens (including phenoxy) is 2. The monoisotopic (exact) mass is 393 g/mol. The molecule has 24 heavy (non-hydrogen) atoms. The van der Waals surface area contributed by atoms with Crippen LogP contribution in [0.2, 0.25) is 0 Å². The molecule has 0 fully saturated rings. The zero-order chi connectivity index (χ0) is 17.2. The lowest BCUT2D eigenvalue weighted by Gasteiger charge is -2.11. The fraction of sp³-hybridized carbons (Fsp3) is 0.294. The Bertz CT molecular complexity index is 667. The number of nitrogens with one attached hydrogen (secondary N) is 2. The lowest BCUT2D eigenvalue weighted by atomic mass is 10.2. The number of hydrogen-bond donors (Lipinski definition) is 2. The van der Waals surface area contributed by atoms with Gasteiger partial charge in [0, 0.05) is 37.4 Å². The lowest BCUT2D eigenvalue weighted by Crippen LogP contribution is -2.33. The van der Waals surface area contributed by atoms with E-state index in [1.165, 1.54) is 0 Å². The molecule has 0 bridgehead atoms. The number of methoxy groups -OCH3 is 1. The van der Waals surface area contributed by atoms with Crippen molar-refractivity contribution < 1.29 is 14.3 Å². The van der Waals surface area contributed by atoms with Gasteiger partial charge in [-0.25, -0.2) is 4.98 Å². The summed E-state index contributed by atoms with van der Waals surface area (Å²) in [5, 5.41) is 6.00. The van der Waals surface area contributed by atoms with E-state index in [4.69, 9.17) is 9.47 Å². The normalized spacial score (nSPS) is 10.4. The molecule has 1 heterocycles. The predicted molar refractivity (Wildman–Crippen MR) is 95.5 cm³/mol. The Balaban J connectivity index is 1.94. The van der Waals surface area contributed by atoms with Crippen molar-refractivity contribution in [3.63, 3.8) is 0 Å². The first-order valence-corrected chi connectivity index (χ1v) is 8.36. The van der Waals surface area contributed by atoms with Gasteiger partial charge in [-0.1, -0.05) is 22.0 Å². The van der Waals surface area contributed by atoms with Gasteiger partial charge < -0.3 is 20.1 Å². The van der Waals surface area contributed by atoms with Crippen LogP contribution in [0.3, 0.4) is 0 Å². The smallest absolute Gasteiger partial charge is 0.256 e. The Morgan fingerprint density at radius 3 is 2.88 bits per heavy atom. The Labute approximate surface area is 149 Å². The van der Waals surface area contributed by atoms with Gasteiger partial charge in [-0.15, -0.1) is 0 Å². The Morgan fingerprint density at radius 1 is 1.21 bits per heavy atom. The first kappa shape index (κ1) is 18.4. The van der Waals surface area contributed by atoms with Crippen LogP contribution >= 0.6 is 15.9 Å². The van der Waals surface area contributed by atoms with Gasteiger partial charge in [-0.05, 0) is 30.3 Å². The molecule has 0 aliphatic rings. The number of rotatable bonds is 9. The molecule has 0 aliphatic carbocycles. The summed E-state index contributed by atoms with van der Waals surface area (Å²) in [6, 6.07) is 10.8. The Hall–Kier alpha value is -1.96. The van der Waals surface area contributed by atoms with Gasteiger partial charge in [0.2, 0.25) is 5.88 Å². The average molecular weight is 394 g/mol. The maximum absolute atomic E-state index is 12.3. The highest BCUT2D eigenvalue weighted by Gasteiger charge is 2.13. The van der Waals surface area contributed by atoms with Crippen LogP contribution in [0.15, 0.2) is 47.1 Å². The summed E-state index contributed by atoms with van der Waals surface area (Å²) in [6.07, 6.45) is 1.59. The molecular formula is C17H20BrN3O3. The largest absolute Gasteiger partial charge is 0.438 e. The number of amides is 1. The van der Waals surface area contributed by atoms with E-state index < -0.39 is 0 Å². The van der Waals surface area contributed by atoms with Crippen LogP contribution in [0.1, 0.15) is 10.4 Å². The molecule has 2 N–H and O–H groups in total. The third-order valence-corrected chi connectivity index (χ3v) is 3.59. The van der Waals surface area contributed by atoms with Gasteiger partial charge in [0.25, 0.3) is 5.91 Å². The van der Waals surface area contributed by atoms with Crippen molar-refractivity contribution in [1.29, 1.82) is 0 Å². The van der Waals surface area contributed by atoms with Crippen molar-refractivity contribution in [3.05, 3.63) is 52.6 Å². The third-order valence-electron chi connectivity index (χ3n) is 3.10. The van der Waals surface area contributed by atoms with E-state index >= 15 is 0 Å². The Kier molecular flexibility index (Phi) is 7.67. The van der Waals surface area contributed by atoms with Crippen LogP contribution < -0.4 is 15.4 Å². The molecule has 0 unspecified atom stereocenters. The summed E-state index contributed by atoms with van der Waals surface area (Å²) in [7, 11) is 1.65. The molecule has 6 nitrogen and oxygen atoms in total. The molecule has 1 aromatic carbocycles. The van der Waals surface area contributed by atoms with E-state index in [0.29, 0.717) is 31.0 Å². The van der Waals surface area contributed by atoms with Gasteiger partial charge in [-0.3, -0.25) is 4.79 Å². The number of benzene rings is 1. The van der Waals surface area contributed by atoms with E-state index in [1.807, 2.05) is 18.2 Å². The molecule has 1 amide bonds. The minimum absolute atomic E-state index is 0.221. The molecule has 2 aromatic rings. The van der Waals surface area contributed by atoms with Crippen LogP contribution in [0.25, 0.3) is 0 Å². The van der Waals surface area contributed by atoms with E-state index in [-0.39, 0.29) is 11.8 Å². The van der Waals surface area contributed by atoms with Gasteiger partial charge >= 0.3 is 0 Å².